The van der Waals surface area contributed by atoms with Crippen LogP contribution in [-0.2, 0) is 11.2 Å². The molecule has 72 valence electrons. The molecule has 0 unspecified atom stereocenters. The predicted molar refractivity (Wildman–Crippen MR) is 54.3 cm³/mol. The lowest BCUT2D eigenvalue weighted by atomic mass is 10.2. The van der Waals surface area contributed by atoms with E-state index in [9.17, 15) is 4.79 Å². The molecule has 0 atom stereocenters. The molecule has 0 bridgehead atoms. The Balaban J connectivity index is 2.55. The van der Waals surface area contributed by atoms with Crippen molar-refractivity contribution >= 4 is 17.3 Å². The molecule has 0 aliphatic rings. The van der Waals surface area contributed by atoms with E-state index >= 15 is 0 Å². The first-order chi connectivity index (χ1) is 6.27. The molecule has 0 aromatic carbocycles. The lowest BCUT2D eigenvalue weighted by Crippen LogP contribution is -2.03. The molecular weight excluding hydrogens is 184 g/mol. The normalized spacial score (nSPS) is 10.0. The van der Waals surface area contributed by atoms with Crippen LogP contribution in [0.4, 0.5) is 0 Å². The van der Waals surface area contributed by atoms with Crippen LogP contribution in [0.25, 0.3) is 0 Å². The van der Waals surface area contributed by atoms with Crippen LogP contribution < -0.4 is 0 Å². The predicted octanol–water partition coefficient (Wildman–Crippen LogP) is 2.88. The number of hydrogen-bond donors (Lipinski definition) is 0. The summed E-state index contributed by atoms with van der Waals surface area (Å²) in [6.45, 7) is 4.57. The molecule has 1 aromatic heterocycles. The molecule has 3 heteroatoms. The highest BCUT2D eigenvalue weighted by Crippen LogP contribution is 2.16. The van der Waals surface area contributed by atoms with Gasteiger partial charge >= 0.3 is 5.97 Å². The van der Waals surface area contributed by atoms with E-state index in [4.69, 9.17) is 4.74 Å². The van der Waals surface area contributed by atoms with Crippen LogP contribution in [0.3, 0.4) is 0 Å². The van der Waals surface area contributed by atoms with Crippen LogP contribution in [0.5, 0.6) is 0 Å². The zero-order valence-electron chi connectivity index (χ0n) is 8.00. The fourth-order valence-electron chi connectivity index (χ4n) is 0.934. The van der Waals surface area contributed by atoms with Crippen molar-refractivity contribution in [1.29, 1.82) is 0 Å². The first-order valence-corrected chi connectivity index (χ1v) is 5.40. The lowest BCUT2D eigenvalue weighted by Gasteiger charge is -1.98. The minimum atomic E-state index is -0.188. The average molecular weight is 198 g/mol. The smallest absolute Gasteiger partial charge is 0.348 e. The summed E-state index contributed by atoms with van der Waals surface area (Å²) in [5, 5.41) is 2.00. The van der Waals surface area contributed by atoms with Crippen molar-refractivity contribution in [2.75, 3.05) is 6.61 Å². The highest BCUT2D eigenvalue weighted by Gasteiger charge is 2.08. The summed E-state index contributed by atoms with van der Waals surface area (Å²) < 4.78 is 5.01. The van der Waals surface area contributed by atoms with Crippen LogP contribution >= 0.6 is 11.3 Å². The molecular formula is C10H14O2S. The highest BCUT2D eigenvalue weighted by atomic mass is 32.1. The Morgan fingerprint density at radius 3 is 2.85 bits per heavy atom. The van der Waals surface area contributed by atoms with Crippen LogP contribution in [0.2, 0.25) is 0 Å². The molecule has 0 radical (unpaired) electrons. The second kappa shape index (κ2) is 5.02. The van der Waals surface area contributed by atoms with Crippen LogP contribution in [0, 0.1) is 0 Å². The van der Waals surface area contributed by atoms with Gasteiger partial charge in [-0.2, -0.15) is 0 Å². The topological polar surface area (TPSA) is 26.3 Å². The fourth-order valence-corrected chi connectivity index (χ4v) is 1.82. The molecule has 0 N–H and O–H groups in total. The Bertz CT molecular complexity index is 278. The van der Waals surface area contributed by atoms with Gasteiger partial charge in [0.25, 0.3) is 0 Å². The van der Waals surface area contributed by atoms with Crippen molar-refractivity contribution in [2.45, 2.75) is 26.7 Å². The Morgan fingerprint density at radius 2 is 2.31 bits per heavy atom. The fraction of sp³-hybridized carbons (Fsp3) is 0.500. The molecule has 13 heavy (non-hydrogen) atoms. The zero-order chi connectivity index (χ0) is 9.68. The van der Waals surface area contributed by atoms with Gasteiger partial charge in [0.15, 0.2) is 0 Å². The van der Waals surface area contributed by atoms with E-state index in [1.165, 1.54) is 16.9 Å². The van der Waals surface area contributed by atoms with E-state index in [2.05, 4.69) is 6.92 Å². The summed E-state index contributed by atoms with van der Waals surface area (Å²) >= 11 is 1.46. The number of aryl methyl sites for hydroxylation is 1. The SMILES string of the molecule is CCCOC(=O)c1cc(CC)cs1. The molecule has 0 aliphatic heterocycles. The van der Waals surface area contributed by atoms with Gasteiger partial charge < -0.3 is 4.74 Å². The maximum Gasteiger partial charge on any atom is 0.348 e. The van der Waals surface area contributed by atoms with Gasteiger partial charge in [0.05, 0.1) is 6.61 Å². The van der Waals surface area contributed by atoms with E-state index < -0.39 is 0 Å². The number of ether oxygens (including phenoxy) is 1. The minimum Gasteiger partial charge on any atom is -0.462 e. The number of hydrogen-bond acceptors (Lipinski definition) is 3. The minimum absolute atomic E-state index is 0.188. The molecule has 0 aliphatic carbocycles. The second-order valence-corrected chi connectivity index (χ2v) is 3.72. The van der Waals surface area contributed by atoms with Gasteiger partial charge in [0, 0.05) is 0 Å². The lowest BCUT2D eigenvalue weighted by molar-refractivity contribution is 0.0511. The van der Waals surface area contributed by atoms with Crippen molar-refractivity contribution in [1.82, 2.24) is 0 Å². The van der Waals surface area contributed by atoms with E-state index in [0.717, 1.165) is 12.8 Å². The summed E-state index contributed by atoms with van der Waals surface area (Å²) in [6.07, 6.45) is 1.84. The summed E-state index contributed by atoms with van der Waals surface area (Å²) in [6, 6.07) is 1.91. The van der Waals surface area contributed by atoms with Crippen molar-refractivity contribution < 1.29 is 9.53 Å². The summed E-state index contributed by atoms with van der Waals surface area (Å²) in [5.74, 6) is -0.188. The standard InChI is InChI=1S/C10H14O2S/c1-3-5-12-10(11)9-6-8(4-2)7-13-9/h6-7H,3-5H2,1-2H3. The van der Waals surface area contributed by atoms with Gasteiger partial charge in [-0.1, -0.05) is 13.8 Å². The van der Waals surface area contributed by atoms with E-state index in [1.54, 1.807) is 0 Å². The van der Waals surface area contributed by atoms with Crippen molar-refractivity contribution in [3.8, 4) is 0 Å². The monoisotopic (exact) mass is 198 g/mol. The number of rotatable bonds is 4. The van der Waals surface area contributed by atoms with E-state index in [0.29, 0.717) is 11.5 Å². The Kier molecular flexibility index (Phi) is 3.96. The van der Waals surface area contributed by atoms with Gasteiger partial charge in [-0.05, 0) is 29.9 Å². The Labute approximate surface area is 82.5 Å². The number of esters is 1. The first-order valence-electron chi connectivity index (χ1n) is 4.52. The highest BCUT2D eigenvalue weighted by molar-refractivity contribution is 7.12. The summed E-state index contributed by atoms with van der Waals surface area (Å²) in [4.78, 5) is 12.0. The van der Waals surface area contributed by atoms with Crippen molar-refractivity contribution in [3.63, 3.8) is 0 Å². The first kappa shape index (κ1) is 10.3. The summed E-state index contributed by atoms with van der Waals surface area (Å²) in [5.41, 5.74) is 1.20. The average Bonchev–Trinajstić information content (AvgIpc) is 2.62. The number of carbonyl (C=O) groups excluding carboxylic acids is 1. The maximum absolute atomic E-state index is 11.3. The largest absolute Gasteiger partial charge is 0.462 e. The van der Waals surface area contributed by atoms with Gasteiger partial charge in [0.2, 0.25) is 0 Å². The molecule has 2 nitrogen and oxygen atoms in total. The number of thiophene rings is 1. The van der Waals surface area contributed by atoms with Gasteiger partial charge in [0.1, 0.15) is 4.88 Å². The van der Waals surface area contributed by atoms with Crippen molar-refractivity contribution in [2.24, 2.45) is 0 Å². The van der Waals surface area contributed by atoms with Gasteiger partial charge in [-0.3, -0.25) is 0 Å². The molecule has 0 saturated carbocycles. The van der Waals surface area contributed by atoms with Crippen LogP contribution in [0.15, 0.2) is 11.4 Å². The molecule has 0 spiro atoms. The quantitative estimate of drug-likeness (QED) is 0.695. The molecule has 1 aromatic rings. The molecule has 1 heterocycles. The number of carbonyl (C=O) groups is 1. The Hall–Kier alpha value is -0.830. The van der Waals surface area contributed by atoms with Gasteiger partial charge in [-0.15, -0.1) is 11.3 Å². The van der Waals surface area contributed by atoms with Crippen LogP contribution in [-0.4, -0.2) is 12.6 Å². The third-order valence-electron chi connectivity index (χ3n) is 1.70. The third-order valence-corrected chi connectivity index (χ3v) is 2.66. The Morgan fingerprint density at radius 1 is 1.54 bits per heavy atom. The molecule has 0 fully saturated rings. The molecule has 1 rings (SSSR count). The maximum atomic E-state index is 11.3. The van der Waals surface area contributed by atoms with Gasteiger partial charge in [-0.25, -0.2) is 4.79 Å². The summed E-state index contributed by atoms with van der Waals surface area (Å²) in [7, 11) is 0. The van der Waals surface area contributed by atoms with E-state index in [-0.39, 0.29) is 5.97 Å². The van der Waals surface area contributed by atoms with Crippen LogP contribution in [0.1, 0.15) is 35.5 Å². The molecule has 0 saturated heterocycles. The second-order valence-electron chi connectivity index (χ2n) is 2.81. The van der Waals surface area contributed by atoms with Crippen molar-refractivity contribution in [3.05, 3.63) is 21.9 Å². The third kappa shape index (κ3) is 2.84. The molecule has 0 amide bonds. The zero-order valence-corrected chi connectivity index (χ0v) is 8.82. The van der Waals surface area contributed by atoms with E-state index in [1.807, 2.05) is 18.4 Å².